The minimum atomic E-state index is -0.0404. The number of hydrogen-bond donors (Lipinski definition) is 1. The molecule has 0 aromatic rings. The molecule has 0 rings (SSSR count). The van der Waals surface area contributed by atoms with Crippen molar-refractivity contribution in [2.24, 2.45) is 0 Å². The quantitative estimate of drug-likeness (QED) is 0.281. The molecule has 0 spiro atoms. The number of rotatable bonds is 5. The Morgan fingerprint density at radius 1 is 1.33 bits per heavy atom. The summed E-state index contributed by atoms with van der Waals surface area (Å²) < 4.78 is 0.933. The minimum Gasteiger partial charge on any atom is -1.00 e. The zero-order valence-electron chi connectivity index (χ0n) is 9.56. The molecule has 0 unspecified atom stereocenters. The van der Waals surface area contributed by atoms with Crippen molar-refractivity contribution in [3.8, 4) is 0 Å². The van der Waals surface area contributed by atoms with Crippen molar-refractivity contribution in [2.75, 3.05) is 34.2 Å². The molecule has 0 heterocycles. The Morgan fingerprint density at radius 2 is 1.80 bits per heavy atom. The molecule has 0 saturated carbocycles. The number of quaternary nitrogens is 1. The summed E-state index contributed by atoms with van der Waals surface area (Å²) in [7, 11) is 6.42. The number of hydrogen-bond acceptors (Lipinski definition) is 1. The van der Waals surface area contributed by atoms with E-state index in [0.717, 1.165) is 24.0 Å². The number of carbonyl (C=O) groups is 1. The maximum absolute atomic E-state index is 11.1. The molecule has 0 atom stereocenters. The lowest BCUT2D eigenvalue weighted by Gasteiger charge is -2.23. The third kappa shape index (κ3) is 13.9. The summed E-state index contributed by atoms with van der Waals surface area (Å²) in [6.07, 6.45) is 1.00. The molecule has 0 aliphatic carbocycles. The van der Waals surface area contributed by atoms with Gasteiger partial charge in [0.1, 0.15) is 0 Å². The molecule has 3 nitrogen and oxygen atoms in total. The molecule has 0 aromatic heterocycles. The fourth-order valence-corrected chi connectivity index (χ4v) is 0.906. The fourth-order valence-electron chi connectivity index (χ4n) is 0.906. The molecule has 15 heavy (non-hydrogen) atoms. The number of carbonyl (C=O) groups excluding carboxylic acids is 1. The maximum atomic E-state index is 11.1. The Balaban J connectivity index is -0.000000720. The van der Waals surface area contributed by atoms with Gasteiger partial charge in [-0.05, 0) is 6.92 Å². The Kier molecular flexibility index (Phi) is 12.4. The number of amides is 1. The van der Waals surface area contributed by atoms with Crippen LogP contribution in [-0.4, -0.2) is 44.6 Å². The van der Waals surface area contributed by atoms with E-state index in [4.69, 9.17) is 0 Å². The van der Waals surface area contributed by atoms with Crippen LogP contribution < -0.4 is 29.3 Å². The van der Waals surface area contributed by atoms with Gasteiger partial charge in [-0.25, -0.2) is 0 Å². The average Bonchev–Trinajstić information content (AvgIpc) is 1.95. The zero-order valence-corrected chi connectivity index (χ0v) is 11.7. The number of nitrogens with zero attached hydrogens (tertiary/aromatic N) is 1. The smallest absolute Gasteiger partial charge is 0.246 e. The summed E-state index contributed by atoms with van der Waals surface area (Å²) in [5.41, 5.74) is 0.574. The standard InChI is InChI=1S/C10H20N2O.CH4.HI/c1-9(2)10(13)11-7-6-8-12(3,4)5;;/h1,6-8H2,2-5H3;1H4;1H. The molecule has 0 bridgehead atoms. The first-order valence-corrected chi connectivity index (χ1v) is 4.57. The zero-order chi connectivity index (χ0) is 10.5. The second-order valence-electron chi connectivity index (χ2n) is 4.40. The van der Waals surface area contributed by atoms with Crippen LogP contribution in [0.1, 0.15) is 20.8 Å². The van der Waals surface area contributed by atoms with Crippen molar-refractivity contribution in [2.45, 2.75) is 20.8 Å². The second kappa shape index (κ2) is 9.15. The van der Waals surface area contributed by atoms with E-state index in [9.17, 15) is 4.79 Å². The highest BCUT2D eigenvalue weighted by Gasteiger charge is 2.06. The lowest BCUT2D eigenvalue weighted by atomic mass is 10.3. The molecule has 92 valence electrons. The van der Waals surface area contributed by atoms with Crippen LogP contribution in [0.5, 0.6) is 0 Å². The Morgan fingerprint density at radius 3 is 2.13 bits per heavy atom. The van der Waals surface area contributed by atoms with Crippen molar-refractivity contribution in [1.29, 1.82) is 0 Å². The first-order valence-electron chi connectivity index (χ1n) is 4.57. The van der Waals surface area contributed by atoms with E-state index in [2.05, 4.69) is 33.0 Å². The van der Waals surface area contributed by atoms with Crippen LogP contribution in [0.15, 0.2) is 12.2 Å². The Labute approximate surface area is 112 Å². The van der Waals surface area contributed by atoms with Crippen LogP contribution in [0, 0.1) is 0 Å². The number of nitrogens with one attached hydrogen (secondary N) is 1. The summed E-state index contributed by atoms with van der Waals surface area (Å²) in [5, 5.41) is 2.81. The second-order valence-corrected chi connectivity index (χ2v) is 4.40. The number of halogens is 1. The van der Waals surface area contributed by atoms with Crippen LogP contribution in [0.2, 0.25) is 0 Å². The van der Waals surface area contributed by atoms with Crippen molar-refractivity contribution in [1.82, 2.24) is 5.32 Å². The van der Waals surface area contributed by atoms with Crippen LogP contribution in [0.3, 0.4) is 0 Å². The molecule has 0 aliphatic heterocycles. The van der Waals surface area contributed by atoms with Gasteiger partial charge in [-0.3, -0.25) is 4.79 Å². The topological polar surface area (TPSA) is 29.1 Å². The van der Waals surface area contributed by atoms with Gasteiger partial charge < -0.3 is 33.8 Å². The van der Waals surface area contributed by atoms with Crippen molar-refractivity contribution in [3.05, 3.63) is 12.2 Å². The van der Waals surface area contributed by atoms with Gasteiger partial charge in [0.05, 0.1) is 27.7 Å². The van der Waals surface area contributed by atoms with E-state index in [0.29, 0.717) is 5.57 Å². The fraction of sp³-hybridized carbons (Fsp3) is 0.727. The molecule has 4 heteroatoms. The Hall–Kier alpha value is -0.100. The molecule has 0 aliphatic rings. The molecular formula is C11H25IN2O. The highest BCUT2D eigenvalue weighted by molar-refractivity contribution is 5.91. The van der Waals surface area contributed by atoms with Gasteiger partial charge in [-0.2, -0.15) is 0 Å². The van der Waals surface area contributed by atoms with Gasteiger partial charge in [-0.1, -0.05) is 14.0 Å². The van der Waals surface area contributed by atoms with E-state index in [1.165, 1.54) is 0 Å². The molecule has 1 amide bonds. The third-order valence-electron chi connectivity index (χ3n) is 1.68. The van der Waals surface area contributed by atoms with Crippen LogP contribution in [0.4, 0.5) is 0 Å². The average molecular weight is 328 g/mol. The molecule has 1 N–H and O–H groups in total. The normalized spacial score (nSPS) is 9.60. The van der Waals surface area contributed by atoms with Gasteiger partial charge in [0.15, 0.2) is 0 Å². The predicted molar refractivity (Wildman–Crippen MR) is 62.1 cm³/mol. The van der Waals surface area contributed by atoms with Gasteiger partial charge >= 0.3 is 0 Å². The first kappa shape index (κ1) is 20.3. The van der Waals surface area contributed by atoms with Gasteiger partial charge in [-0.15, -0.1) is 0 Å². The van der Waals surface area contributed by atoms with E-state index < -0.39 is 0 Å². The summed E-state index contributed by atoms with van der Waals surface area (Å²) in [4.78, 5) is 11.1. The lowest BCUT2D eigenvalue weighted by molar-refractivity contribution is -0.870. The van der Waals surface area contributed by atoms with E-state index >= 15 is 0 Å². The molecular weight excluding hydrogens is 303 g/mol. The lowest BCUT2D eigenvalue weighted by Crippen LogP contribution is -3.00. The van der Waals surface area contributed by atoms with Crippen LogP contribution in [-0.2, 0) is 4.79 Å². The predicted octanol–water partition coefficient (Wildman–Crippen LogP) is -1.58. The van der Waals surface area contributed by atoms with Crippen molar-refractivity contribution in [3.63, 3.8) is 0 Å². The van der Waals surface area contributed by atoms with Gasteiger partial charge in [0.25, 0.3) is 0 Å². The Bertz CT molecular complexity index is 197. The van der Waals surface area contributed by atoms with Crippen molar-refractivity contribution >= 4 is 5.91 Å². The SMILES string of the molecule is C.C=C(C)C(=O)NCCC[N+](C)(C)C.[I-]. The largest absolute Gasteiger partial charge is 1.00 e. The summed E-state index contributed by atoms with van der Waals surface area (Å²) in [6.45, 7) is 7.09. The van der Waals surface area contributed by atoms with E-state index in [1.807, 2.05) is 0 Å². The van der Waals surface area contributed by atoms with E-state index in [1.54, 1.807) is 6.92 Å². The van der Waals surface area contributed by atoms with Crippen LogP contribution in [0.25, 0.3) is 0 Å². The highest BCUT2D eigenvalue weighted by atomic mass is 127. The summed E-state index contributed by atoms with van der Waals surface area (Å²) >= 11 is 0. The summed E-state index contributed by atoms with van der Waals surface area (Å²) in [6, 6.07) is 0. The minimum absolute atomic E-state index is 0. The third-order valence-corrected chi connectivity index (χ3v) is 1.68. The van der Waals surface area contributed by atoms with E-state index in [-0.39, 0.29) is 37.3 Å². The summed E-state index contributed by atoms with van der Waals surface area (Å²) in [5.74, 6) is -0.0404. The van der Waals surface area contributed by atoms with Gasteiger partial charge in [0, 0.05) is 18.5 Å². The molecule has 0 aromatic carbocycles. The van der Waals surface area contributed by atoms with Crippen LogP contribution >= 0.6 is 0 Å². The maximum Gasteiger partial charge on any atom is 0.246 e. The monoisotopic (exact) mass is 328 g/mol. The van der Waals surface area contributed by atoms with Gasteiger partial charge in [0.2, 0.25) is 5.91 Å². The molecule has 0 radical (unpaired) electrons. The highest BCUT2D eigenvalue weighted by Crippen LogP contribution is 1.92. The molecule has 0 saturated heterocycles. The van der Waals surface area contributed by atoms with Crippen molar-refractivity contribution < 1.29 is 33.3 Å². The molecule has 0 fully saturated rings. The first-order chi connectivity index (χ1) is 5.83.